The second-order valence-electron chi connectivity index (χ2n) is 9.08. The number of carboxylic acids is 1. The first-order chi connectivity index (χ1) is 15.3. The van der Waals surface area contributed by atoms with Crippen molar-refractivity contribution in [3.05, 3.63) is 95.1 Å². The molecule has 0 fully saturated rings. The normalized spacial score (nSPS) is 16.5. The van der Waals surface area contributed by atoms with Crippen LogP contribution < -0.4 is 10.6 Å². The summed E-state index contributed by atoms with van der Waals surface area (Å²) in [6, 6.07) is 23.2. The Bertz CT molecular complexity index is 1140. The Morgan fingerprint density at radius 2 is 1.81 bits per heavy atom. The summed E-state index contributed by atoms with van der Waals surface area (Å²) in [5.41, 5.74) is 5.15. The Hall–Kier alpha value is -3.60. The van der Waals surface area contributed by atoms with E-state index in [0.29, 0.717) is 18.4 Å². The maximum absolute atomic E-state index is 12.5. The van der Waals surface area contributed by atoms with Crippen LogP contribution in [0.15, 0.2) is 72.8 Å². The fourth-order valence-corrected chi connectivity index (χ4v) is 4.41. The highest BCUT2D eigenvalue weighted by atomic mass is 16.4. The first-order valence-electron chi connectivity index (χ1n) is 10.9. The number of fused-ring (bicyclic) bond motifs is 1. The third kappa shape index (κ3) is 4.83. The van der Waals surface area contributed by atoms with Gasteiger partial charge in [-0.3, -0.25) is 4.79 Å². The zero-order chi connectivity index (χ0) is 22.7. The molecule has 0 saturated carbocycles. The molecule has 1 heterocycles. The highest BCUT2D eigenvalue weighted by molar-refractivity contribution is 5.91. The van der Waals surface area contributed by atoms with E-state index in [1.807, 2.05) is 54.6 Å². The van der Waals surface area contributed by atoms with E-state index in [9.17, 15) is 14.7 Å². The Morgan fingerprint density at radius 3 is 2.56 bits per heavy atom. The van der Waals surface area contributed by atoms with Crippen molar-refractivity contribution in [1.82, 2.24) is 0 Å². The number of hydrogen-bond donors (Lipinski definition) is 3. The van der Waals surface area contributed by atoms with Crippen LogP contribution in [-0.4, -0.2) is 17.0 Å². The summed E-state index contributed by atoms with van der Waals surface area (Å²) in [4.78, 5) is 23.8. The number of hydrogen-bond acceptors (Lipinski definition) is 3. The third-order valence-corrected chi connectivity index (χ3v) is 6.07. The molecule has 0 spiro atoms. The van der Waals surface area contributed by atoms with Gasteiger partial charge in [0.25, 0.3) is 0 Å². The summed E-state index contributed by atoms with van der Waals surface area (Å²) in [6.07, 6.45) is 1.90. The van der Waals surface area contributed by atoms with E-state index in [0.717, 1.165) is 34.5 Å². The van der Waals surface area contributed by atoms with E-state index < -0.39 is 5.97 Å². The fourth-order valence-electron chi connectivity index (χ4n) is 4.41. The molecule has 4 rings (SSSR count). The molecular formula is C27H28N2O3. The van der Waals surface area contributed by atoms with Crippen molar-refractivity contribution in [1.29, 1.82) is 0 Å². The summed E-state index contributed by atoms with van der Waals surface area (Å²) < 4.78 is 0. The minimum absolute atomic E-state index is 0.00610. The van der Waals surface area contributed by atoms with Crippen LogP contribution in [0.4, 0.5) is 11.4 Å². The van der Waals surface area contributed by atoms with E-state index in [-0.39, 0.29) is 17.4 Å². The molecule has 0 radical (unpaired) electrons. The number of amides is 1. The van der Waals surface area contributed by atoms with E-state index in [4.69, 9.17) is 0 Å². The number of aromatic carboxylic acids is 1. The van der Waals surface area contributed by atoms with Crippen molar-refractivity contribution in [2.45, 2.75) is 39.2 Å². The summed E-state index contributed by atoms with van der Waals surface area (Å²) in [6.45, 7) is 4.35. The van der Waals surface area contributed by atoms with Gasteiger partial charge in [0.05, 0.1) is 11.6 Å². The van der Waals surface area contributed by atoms with Crippen LogP contribution in [0.3, 0.4) is 0 Å². The lowest BCUT2D eigenvalue weighted by Crippen LogP contribution is -2.35. The fraction of sp³-hybridized carbons (Fsp3) is 0.259. The zero-order valence-corrected chi connectivity index (χ0v) is 18.4. The van der Waals surface area contributed by atoms with Crippen LogP contribution in [0, 0.1) is 5.41 Å². The number of carbonyl (C=O) groups excluding carboxylic acids is 1. The first kappa shape index (κ1) is 21.6. The lowest BCUT2D eigenvalue weighted by molar-refractivity contribution is -0.116. The van der Waals surface area contributed by atoms with Gasteiger partial charge in [0.15, 0.2) is 0 Å². The van der Waals surface area contributed by atoms with Crippen molar-refractivity contribution >= 4 is 23.3 Å². The molecule has 0 bridgehead atoms. The first-order valence-corrected chi connectivity index (χ1v) is 10.9. The summed E-state index contributed by atoms with van der Waals surface area (Å²) in [7, 11) is 0. The molecule has 3 N–H and O–H groups in total. The quantitative estimate of drug-likeness (QED) is 0.471. The van der Waals surface area contributed by atoms with E-state index in [1.165, 1.54) is 0 Å². The van der Waals surface area contributed by atoms with E-state index in [1.54, 1.807) is 12.1 Å². The minimum atomic E-state index is -0.913. The molecule has 0 aliphatic carbocycles. The predicted molar refractivity (Wildman–Crippen MR) is 127 cm³/mol. The highest BCUT2D eigenvalue weighted by Gasteiger charge is 2.36. The third-order valence-electron chi connectivity index (χ3n) is 6.07. The topological polar surface area (TPSA) is 78.4 Å². The smallest absolute Gasteiger partial charge is 0.335 e. The van der Waals surface area contributed by atoms with Crippen LogP contribution >= 0.6 is 0 Å². The highest BCUT2D eigenvalue weighted by Crippen LogP contribution is 2.45. The molecule has 3 aromatic carbocycles. The predicted octanol–water partition coefficient (Wildman–Crippen LogP) is 5.69. The molecule has 1 amide bonds. The molecule has 5 heteroatoms. The van der Waals surface area contributed by atoms with Gasteiger partial charge in [0.1, 0.15) is 0 Å². The Labute approximate surface area is 188 Å². The Balaban J connectivity index is 1.48. The van der Waals surface area contributed by atoms with Crippen LogP contribution in [-0.2, 0) is 17.6 Å². The molecule has 0 aromatic heterocycles. The number of carboxylic acid groups (broad SMARTS) is 1. The number of aryl methyl sites for hydroxylation is 1. The zero-order valence-electron chi connectivity index (χ0n) is 18.4. The maximum atomic E-state index is 12.5. The Morgan fingerprint density at radius 1 is 1.03 bits per heavy atom. The molecule has 3 aromatic rings. The van der Waals surface area contributed by atoms with Crippen molar-refractivity contribution in [3.63, 3.8) is 0 Å². The van der Waals surface area contributed by atoms with Gasteiger partial charge in [0, 0.05) is 17.8 Å². The van der Waals surface area contributed by atoms with Gasteiger partial charge in [-0.1, -0.05) is 56.3 Å². The van der Waals surface area contributed by atoms with Gasteiger partial charge in [-0.2, -0.15) is 0 Å². The maximum Gasteiger partial charge on any atom is 0.335 e. The molecule has 32 heavy (non-hydrogen) atoms. The molecule has 5 nitrogen and oxygen atoms in total. The van der Waals surface area contributed by atoms with Gasteiger partial charge < -0.3 is 15.7 Å². The average molecular weight is 429 g/mol. The Kier molecular flexibility index (Phi) is 5.99. The van der Waals surface area contributed by atoms with Crippen LogP contribution in [0.25, 0.3) is 0 Å². The van der Waals surface area contributed by atoms with Gasteiger partial charge in [-0.25, -0.2) is 4.79 Å². The van der Waals surface area contributed by atoms with E-state index in [2.05, 4.69) is 30.5 Å². The van der Waals surface area contributed by atoms with E-state index >= 15 is 0 Å². The standard InChI is InChI=1S/C27H28N2O3/c1-27(2)17-21-15-20(26(31)32)12-13-23(21)29-25(27)19-9-6-10-22(16-19)28-24(30)14-11-18-7-4-3-5-8-18/h3-10,12-13,15-16,25,29H,11,14,17H2,1-2H3,(H,28,30)(H,31,32). The molecule has 1 aliphatic heterocycles. The molecule has 1 aliphatic rings. The van der Waals surface area contributed by atoms with Crippen LogP contribution in [0.2, 0.25) is 0 Å². The summed E-state index contributed by atoms with van der Waals surface area (Å²) in [5.74, 6) is -0.920. The molecule has 1 atom stereocenters. The number of rotatable bonds is 6. The number of nitrogens with one attached hydrogen (secondary N) is 2. The molecule has 1 unspecified atom stereocenters. The number of carbonyl (C=O) groups is 2. The number of anilines is 2. The summed E-state index contributed by atoms with van der Waals surface area (Å²) in [5, 5.41) is 15.9. The number of benzene rings is 3. The van der Waals surface area contributed by atoms with Crippen molar-refractivity contribution in [2.24, 2.45) is 5.41 Å². The van der Waals surface area contributed by atoms with Crippen LogP contribution in [0.1, 0.15) is 53.4 Å². The molecular weight excluding hydrogens is 400 g/mol. The van der Waals surface area contributed by atoms with Gasteiger partial charge in [-0.05, 0) is 65.3 Å². The van der Waals surface area contributed by atoms with Gasteiger partial charge >= 0.3 is 5.97 Å². The molecule has 164 valence electrons. The largest absolute Gasteiger partial charge is 0.478 e. The van der Waals surface area contributed by atoms with Crippen molar-refractivity contribution in [3.8, 4) is 0 Å². The monoisotopic (exact) mass is 428 g/mol. The van der Waals surface area contributed by atoms with Gasteiger partial charge in [0.2, 0.25) is 5.91 Å². The SMILES string of the molecule is CC1(C)Cc2cc(C(=O)O)ccc2NC1c1cccc(NC(=O)CCc2ccccc2)c1. The second-order valence-corrected chi connectivity index (χ2v) is 9.08. The van der Waals surface area contributed by atoms with Crippen LogP contribution in [0.5, 0.6) is 0 Å². The lowest BCUT2D eigenvalue weighted by atomic mass is 9.72. The summed E-state index contributed by atoms with van der Waals surface area (Å²) >= 11 is 0. The van der Waals surface area contributed by atoms with Gasteiger partial charge in [-0.15, -0.1) is 0 Å². The lowest BCUT2D eigenvalue weighted by Gasteiger charge is -2.41. The van der Waals surface area contributed by atoms with Crippen molar-refractivity contribution in [2.75, 3.05) is 10.6 Å². The average Bonchev–Trinajstić information content (AvgIpc) is 2.77. The van der Waals surface area contributed by atoms with Crippen molar-refractivity contribution < 1.29 is 14.7 Å². The minimum Gasteiger partial charge on any atom is -0.478 e. The molecule has 0 saturated heterocycles. The second kappa shape index (κ2) is 8.87.